The summed E-state index contributed by atoms with van der Waals surface area (Å²) in [5, 5.41) is 16.5. The standard InChI is InChI=1S/C22H32N2O3.C2HF3O2/c1-16(2)11-19-13-23(12-17-7-4-3-5-8-17)15-20(19)21(25)24-10-6-9-18(14-24)22(26)27;3-2(4,5)1(6)7/h3-5,7-8,16,18-20H,6,9-15H2,1-2H3,(H,26,27);(H,6,7)/t18?,19-,20-;/m1./s1. The maximum atomic E-state index is 13.3. The molecular formula is C24H33F3N2O5. The summed E-state index contributed by atoms with van der Waals surface area (Å²) in [4.78, 5) is 37.7. The molecule has 2 saturated heterocycles. The Labute approximate surface area is 197 Å². The predicted octanol–water partition coefficient (Wildman–Crippen LogP) is 3.74. The zero-order valence-corrected chi connectivity index (χ0v) is 19.5. The predicted molar refractivity (Wildman–Crippen MR) is 119 cm³/mol. The lowest BCUT2D eigenvalue weighted by molar-refractivity contribution is -0.192. The molecule has 2 heterocycles. The molecule has 10 heteroatoms. The summed E-state index contributed by atoms with van der Waals surface area (Å²) in [6.45, 7) is 8.09. The first-order valence-corrected chi connectivity index (χ1v) is 11.5. The molecule has 0 spiro atoms. The number of piperidine rings is 1. The fourth-order valence-electron chi connectivity index (χ4n) is 4.67. The molecule has 3 atom stereocenters. The summed E-state index contributed by atoms with van der Waals surface area (Å²) >= 11 is 0. The van der Waals surface area contributed by atoms with Gasteiger partial charge in [0.25, 0.3) is 0 Å². The van der Waals surface area contributed by atoms with Gasteiger partial charge in [-0.3, -0.25) is 14.5 Å². The molecule has 1 unspecified atom stereocenters. The minimum absolute atomic E-state index is 0.0105. The van der Waals surface area contributed by atoms with Crippen molar-refractivity contribution in [3.63, 3.8) is 0 Å². The van der Waals surface area contributed by atoms with E-state index in [4.69, 9.17) is 9.90 Å². The molecule has 2 fully saturated rings. The van der Waals surface area contributed by atoms with Crippen molar-refractivity contribution >= 4 is 17.8 Å². The molecule has 2 aliphatic heterocycles. The lowest BCUT2D eigenvalue weighted by Crippen LogP contribution is -2.46. The molecule has 3 rings (SSSR count). The second-order valence-electron chi connectivity index (χ2n) is 9.44. The van der Waals surface area contributed by atoms with Crippen LogP contribution in [0, 0.1) is 23.7 Å². The van der Waals surface area contributed by atoms with Crippen LogP contribution in [0.15, 0.2) is 30.3 Å². The van der Waals surface area contributed by atoms with Crippen molar-refractivity contribution in [3.05, 3.63) is 35.9 Å². The summed E-state index contributed by atoms with van der Waals surface area (Å²) in [6, 6.07) is 10.4. The van der Waals surface area contributed by atoms with Gasteiger partial charge < -0.3 is 15.1 Å². The second kappa shape index (κ2) is 12.2. The van der Waals surface area contributed by atoms with Crippen LogP contribution in [-0.2, 0) is 20.9 Å². The third-order valence-electron chi connectivity index (χ3n) is 6.18. The van der Waals surface area contributed by atoms with Gasteiger partial charge in [0.1, 0.15) is 0 Å². The van der Waals surface area contributed by atoms with Gasteiger partial charge in [0, 0.05) is 32.7 Å². The van der Waals surface area contributed by atoms with Crippen molar-refractivity contribution in [3.8, 4) is 0 Å². The molecule has 2 N–H and O–H groups in total. The van der Waals surface area contributed by atoms with Gasteiger partial charge in [0.2, 0.25) is 5.91 Å². The molecule has 0 aliphatic carbocycles. The van der Waals surface area contributed by atoms with E-state index >= 15 is 0 Å². The molecule has 0 aromatic heterocycles. The highest BCUT2D eigenvalue weighted by molar-refractivity contribution is 5.81. The molecule has 1 amide bonds. The number of rotatable bonds is 6. The fourth-order valence-corrected chi connectivity index (χ4v) is 4.67. The summed E-state index contributed by atoms with van der Waals surface area (Å²) in [5.74, 6) is -2.88. The van der Waals surface area contributed by atoms with Crippen molar-refractivity contribution in [1.29, 1.82) is 0 Å². The Bertz CT molecular complexity index is 832. The van der Waals surface area contributed by atoms with Gasteiger partial charge in [-0.2, -0.15) is 13.2 Å². The first-order chi connectivity index (χ1) is 15.9. The average Bonchev–Trinajstić information content (AvgIpc) is 3.15. The van der Waals surface area contributed by atoms with E-state index < -0.39 is 24.0 Å². The number of carboxylic acid groups (broad SMARTS) is 2. The van der Waals surface area contributed by atoms with E-state index in [0.717, 1.165) is 32.5 Å². The van der Waals surface area contributed by atoms with Crippen molar-refractivity contribution in [1.82, 2.24) is 9.80 Å². The zero-order chi connectivity index (χ0) is 25.5. The fraction of sp³-hybridized carbons (Fsp3) is 0.625. The number of carbonyl (C=O) groups is 3. The van der Waals surface area contributed by atoms with E-state index in [-0.39, 0.29) is 11.8 Å². The van der Waals surface area contributed by atoms with E-state index in [2.05, 4.69) is 43.0 Å². The third-order valence-corrected chi connectivity index (χ3v) is 6.18. The van der Waals surface area contributed by atoms with Crippen LogP contribution in [0.1, 0.15) is 38.7 Å². The molecule has 2 aliphatic rings. The van der Waals surface area contributed by atoms with Crippen molar-refractivity contribution in [2.24, 2.45) is 23.7 Å². The largest absolute Gasteiger partial charge is 0.490 e. The molecule has 7 nitrogen and oxygen atoms in total. The molecular weight excluding hydrogens is 453 g/mol. The van der Waals surface area contributed by atoms with E-state index in [1.807, 2.05) is 11.0 Å². The van der Waals surface area contributed by atoms with Crippen molar-refractivity contribution in [2.75, 3.05) is 26.2 Å². The van der Waals surface area contributed by atoms with Crippen LogP contribution >= 0.6 is 0 Å². The minimum Gasteiger partial charge on any atom is -0.481 e. The highest BCUT2D eigenvalue weighted by Gasteiger charge is 2.41. The number of alkyl halides is 3. The Kier molecular flexibility index (Phi) is 9.90. The number of amides is 1. The number of hydrogen-bond donors (Lipinski definition) is 2. The van der Waals surface area contributed by atoms with Crippen molar-refractivity contribution in [2.45, 2.75) is 45.8 Å². The number of carbonyl (C=O) groups excluding carboxylic acids is 1. The quantitative estimate of drug-likeness (QED) is 0.636. The van der Waals surface area contributed by atoms with Gasteiger partial charge in [-0.15, -0.1) is 0 Å². The molecule has 190 valence electrons. The monoisotopic (exact) mass is 486 g/mol. The van der Waals surface area contributed by atoms with Crippen LogP contribution in [-0.4, -0.2) is 70.2 Å². The van der Waals surface area contributed by atoms with Crippen LogP contribution in [0.25, 0.3) is 0 Å². The van der Waals surface area contributed by atoms with E-state index in [0.29, 0.717) is 31.3 Å². The highest BCUT2D eigenvalue weighted by Crippen LogP contribution is 2.32. The smallest absolute Gasteiger partial charge is 0.481 e. The summed E-state index contributed by atoms with van der Waals surface area (Å²) in [6.07, 6.45) is -2.57. The maximum Gasteiger partial charge on any atom is 0.490 e. The van der Waals surface area contributed by atoms with Crippen LogP contribution in [0.2, 0.25) is 0 Å². The lowest BCUT2D eigenvalue weighted by atomic mass is 9.86. The number of hydrogen-bond acceptors (Lipinski definition) is 4. The SMILES string of the molecule is CC(C)C[C@@H]1CN(Cc2ccccc2)C[C@H]1C(=O)N1CCCC(C(=O)O)C1.O=C(O)C(F)(F)F. The van der Waals surface area contributed by atoms with Crippen LogP contribution in [0.3, 0.4) is 0 Å². The third kappa shape index (κ3) is 8.30. The van der Waals surface area contributed by atoms with Gasteiger partial charge in [-0.05, 0) is 36.7 Å². The molecule has 1 aromatic carbocycles. The Balaban J connectivity index is 0.000000509. The number of benzene rings is 1. The van der Waals surface area contributed by atoms with Gasteiger partial charge in [-0.1, -0.05) is 44.2 Å². The normalized spacial score (nSPS) is 23.4. The maximum absolute atomic E-state index is 13.3. The van der Waals surface area contributed by atoms with E-state index in [1.54, 1.807) is 0 Å². The Morgan fingerprint density at radius 2 is 1.68 bits per heavy atom. The van der Waals surface area contributed by atoms with Gasteiger partial charge in [0.05, 0.1) is 11.8 Å². The zero-order valence-electron chi connectivity index (χ0n) is 19.5. The summed E-state index contributed by atoms with van der Waals surface area (Å²) in [5.41, 5.74) is 1.28. The second-order valence-corrected chi connectivity index (χ2v) is 9.44. The van der Waals surface area contributed by atoms with E-state index in [9.17, 15) is 27.9 Å². The molecule has 34 heavy (non-hydrogen) atoms. The van der Waals surface area contributed by atoms with Crippen LogP contribution < -0.4 is 0 Å². The molecule has 0 bridgehead atoms. The van der Waals surface area contributed by atoms with Crippen molar-refractivity contribution < 1.29 is 37.8 Å². The number of halogens is 3. The number of nitrogens with zero attached hydrogens (tertiary/aromatic N) is 2. The first kappa shape index (κ1) is 27.6. The lowest BCUT2D eigenvalue weighted by Gasteiger charge is -2.34. The first-order valence-electron chi connectivity index (χ1n) is 11.5. The number of likely N-dealkylation sites (tertiary alicyclic amines) is 2. The highest BCUT2D eigenvalue weighted by atomic mass is 19.4. The van der Waals surface area contributed by atoms with Gasteiger partial charge in [-0.25, -0.2) is 4.79 Å². The molecule has 0 radical (unpaired) electrons. The summed E-state index contributed by atoms with van der Waals surface area (Å²) < 4.78 is 31.7. The Morgan fingerprint density at radius 1 is 1.06 bits per heavy atom. The Hall–Kier alpha value is -2.62. The molecule has 0 saturated carbocycles. The minimum atomic E-state index is -5.08. The van der Waals surface area contributed by atoms with Crippen LogP contribution in [0.4, 0.5) is 13.2 Å². The van der Waals surface area contributed by atoms with Gasteiger partial charge >= 0.3 is 18.1 Å². The number of carboxylic acids is 2. The average molecular weight is 487 g/mol. The van der Waals surface area contributed by atoms with Crippen LogP contribution in [0.5, 0.6) is 0 Å². The molecule has 1 aromatic rings. The number of aliphatic carboxylic acids is 2. The summed E-state index contributed by atoms with van der Waals surface area (Å²) in [7, 11) is 0. The Morgan fingerprint density at radius 3 is 2.21 bits per heavy atom. The van der Waals surface area contributed by atoms with Gasteiger partial charge in [0.15, 0.2) is 0 Å². The topological polar surface area (TPSA) is 98.2 Å². The van der Waals surface area contributed by atoms with E-state index in [1.165, 1.54) is 5.56 Å².